The van der Waals surface area contributed by atoms with Crippen LogP contribution in [0.4, 0.5) is 4.79 Å². The molecule has 1 heterocycles. The Hall–Kier alpha value is -1.95. The van der Waals surface area contributed by atoms with Gasteiger partial charge < -0.3 is 15.0 Å². The number of carbonyl (C=O) groups excluding carboxylic acids is 1. The lowest BCUT2D eigenvalue weighted by atomic mass is 10.2. The van der Waals surface area contributed by atoms with Gasteiger partial charge in [0.25, 0.3) is 0 Å². The highest BCUT2D eigenvalue weighted by Gasteiger charge is 2.19. The van der Waals surface area contributed by atoms with Crippen LogP contribution in [0.5, 0.6) is 0 Å². The van der Waals surface area contributed by atoms with Crippen molar-refractivity contribution in [1.29, 1.82) is 0 Å². The lowest BCUT2D eigenvalue weighted by molar-refractivity contribution is 0.0506. The number of benzene rings is 1. The predicted molar refractivity (Wildman–Crippen MR) is 93.6 cm³/mol. The van der Waals surface area contributed by atoms with Crippen molar-refractivity contribution in [3.63, 3.8) is 0 Å². The fourth-order valence-corrected chi connectivity index (χ4v) is 2.43. The summed E-state index contributed by atoms with van der Waals surface area (Å²) >= 11 is 1.71. The first kappa shape index (κ1) is 17.4. The number of nitrogens with zero attached hydrogens (tertiary/aromatic N) is 1. The maximum Gasteiger partial charge on any atom is 0.408 e. The fraction of sp³-hybridized carbons (Fsp3) is 0.412. The molecule has 0 spiro atoms. The molecule has 6 heteroatoms. The minimum absolute atomic E-state index is 0.260. The highest BCUT2D eigenvalue weighted by atomic mass is 32.2. The topological polar surface area (TPSA) is 67.0 Å². The van der Waals surface area contributed by atoms with E-state index in [0.29, 0.717) is 5.82 Å². The molecule has 23 heavy (non-hydrogen) atoms. The van der Waals surface area contributed by atoms with Crippen molar-refractivity contribution in [1.82, 2.24) is 15.3 Å². The Morgan fingerprint density at radius 1 is 1.30 bits per heavy atom. The number of H-pyrrole nitrogens is 1. The molecule has 0 radical (unpaired) electrons. The molecule has 0 bridgehead atoms. The van der Waals surface area contributed by atoms with Gasteiger partial charge in [0.1, 0.15) is 11.4 Å². The second kappa shape index (κ2) is 7.08. The third-order valence-electron chi connectivity index (χ3n) is 3.14. The molecule has 2 aromatic rings. The van der Waals surface area contributed by atoms with Gasteiger partial charge >= 0.3 is 6.09 Å². The van der Waals surface area contributed by atoms with E-state index in [1.165, 1.54) is 4.90 Å². The van der Waals surface area contributed by atoms with E-state index in [1.54, 1.807) is 18.0 Å². The van der Waals surface area contributed by atoms with E-state index in [4.69, 9.17) is 4.74 Å². The van der Waals surface area contributed by atoms with E-state index in [1.807, 2.05) is 34.0 Å². The SMILES string of the molecule is CSc1ccc(-c2cnc([C@@H](C)NC(=O)OC(C)(C)C)[nH]2)cc1. The van der Waals surface area contributed by atoms with Gasteiger partial charge in [-0.15, -0.1) is 11.8 Å². The molecular weight excluding hydrogens is 310 g/mol. The summed E-state index contributed by atoms with van der Waals surface area (Å²) in [6.45, 7) is 7.37. The zero-order chi connectivity index (χ0) is 17.0. The zero-order valence-corrected chi connectivity index (χ0v) is 15.0. The normalized spacial score (nSPS) is 12.7. The average molecular weight is 333 g/mol. The first-order valence-electron chi connectivity index (χ1n) is 7.47. The predicted octanol–water partition coefficient (Wildman–Crippen LogP) is 4.38. The summed E-state index contributed by atoms with van der Waals surface area (Å²) in [6, 6.07) is 7.99. The number of aromatic amines is 1. The van der Waals surface area contributed by atoms with Crippen LogP contribution in [0.3, 0.4) is 0 Å². The minimum Gasteiger partial charge on any atom is -0.444 e. The molecule has 1 atom stereocenters. The number of ether oxygens (including phenoxy) is 1. The number of carbonyl (C=O) groups is 1. The molecule has 5 nitrogen and oxygen atoms in total. The van der Waals surface area contributed by atoms with Gasteiger partial charge in [-0.1, -0.05) is 12.1 Å². The molecule has 0 unspecified atom stereocenters. The van der Waals surface area contributed by atoms with Crippen LogP contribution in [-0.4, -0.2) is 27.9 Å². The van der Waals surface area contributed by atoms with E-state index in [0.717, 1.165) is 11.3 Å². The van der Waals surface area contributed by atoms with E-state index in [9.17, 15) is 4.79 Å². The van der Waals surface area contributed by atoms with Crippen molar-refractivity contribution in [3.8, 4) is 11.3 Å². The number of thioether (sulfide) groups is 1. The molecule has 1 aromatic heterocycles. The summed E-state index contributed by atoms with van der Waals surface area (Å²) in [5, 5.41) is 2.78. The molecule has 0 saturated heterocycles. The summed E-state index contributed by atoms with van der Waals surface area (Å²) < 4.78 is 5.25. The molecule has 124 valence electrons. The zero-order valence-electron chi connectivity index (χ0n) is 14.1. The average Bonchev–Trinajstić information content (AvgIpc) is 2.95. The number of imidazole rings is 1. The third-order valence-corrected chi connectivity index (χ3v) is 3.88. The van der Waals surface area contributed by atoms with Gasteiger partial charge in [-0.25, -0.2) is 9.78 Å². The quantitative estimate of drug-likeness (QED) is 0.815. The number of amides is 1. The standard InChI is InChI=1S/C17H23N3O2S/c1-11(19-16(21)22-17(2,3)4)15-18-10-14(20-15)12-6-8-13(23-5)9-7-12/h6-11H,1-5H3,(H,18,20)(H,19,21)/t11-/m1/s1. The molecule has 0 fully saturated rings. The molecular formula is C17H23N3O2S. The first-order valence-corrected chi connectivity index (χ1v) is 8.70. The van der Waals surface area contributed by atoms with Gasteiger partial charge in [-0.05, 0) is 51.6 Å². The van der Waals surface area contributed by atoms with Gasteiger partial charge in [0.05, 0.1) is 17.9 Å². The van der Waals surface area contributed by atoms with Crippen LogP contribution in [0, 0.1) is 0 Å². The monoisotopic (exact) mass is 333 g/mol. The van der Waals surface area contributed by atoms with Gasteiger partial charge in [0.15, 0.2) is 0 Å². The van der Waals surface area contributed by atoms with Crippen LogP contribution in [0.15, 0.2) is 35.4 Å². The smallest absolute Gasteiger partial charge is 0.408 e. The summed E-state index contributed by atoms with van der Waals surface area (Å²) in [6.07, 6.45) is 3.37. The van der Waals surface area contributed by atoms with Crippen LogP contribution in [0.25, 0.3) is 11.3 Å². The number of hydrogen-bond donors (Lipinski definition) is 2. The largest absolute Gasteiger partial charge is 0.444 e. The van der Waals surface area contributed by atoms with Crippen molar-refractivity contribution in [2.45, 2.75) is 44.2 Å². The third kappa shape index (κ3) is 5.03. The summed E-state index contributed by atoms with van der Waals surface area (Å²) in [7, 11) is 0. The molecule has 0 aliphatic rings. The van der Waals surface area contributed by atoms with Crippen LogP contribution in [0.1, 0.15) is 39.6 Å². The summed E-state index contributed by atoms with van der Waals surface area (Å²) in [5.74, 6) is 0.694. The minimum atomic E-state index is -0.517. The Kier molecular flexibility index (Phi) is 5.36. The Morgan fingerprint density at radius 3 is 2.52 bits per heavy atom. The number of rotatable bonds is 4. The van der Waals surface area contributed by atoms with Crippen molar-refractivity contribution in [2.75, 3.05) is 6.26 Å². The molecule has 1 amide bonds. The molecule has 0 aliphatic heterocycles. The lowest BCUT2D eigenvalue weighted by Gasteiger charge is -2.21. The van der Waals surface area contributed by atoms with Crippen molar-refractivity contribution < 1.29 is 9.53 Å². The van der Waals surface area contributed by atoms with E-state index in [-0.39, 0.29) is 6.04 Å². The Labute approximate surface area is 141 Å². The van der Waals surface area contributed by atoms with Crippen LogP contribution in [0.2, 0.25) is 0 Å². The second-order valence-corrected chi connectivity index (χ2v) is 7.16. The number of alkyl carbamates (subject to hydrolysis) is 1. The molecule has 1 aromatic carbocycles. The summed E-state index contributed by atoms with van der Waals surface area (Å²) in [4.78, 5) is 20.6. The number of aromatic nitrogens is 2. The van der Waals surface area contributed by atoms with Crippen LogP contribution >= 0.6 is 11.8 Å². The highest BCUT2D eigenvalue weighted by Crippen LogP contribution is 2.23. The van der Waals surface area contributed by atoms with Gasteiger partial charge in [0.2, 0.25) is 0 Å². The van der Waals surface area contributed by atoms with Crippen molar-refractivity contribution in [2.24, 2.45) is 0 Å². The maximum atomic E-state index is 11.8. The number of hydrogen-bond acceptors (Lipinski definition) is 4. The molecule has 2 rings (SSSR count). The fourth-order valence-electron chi connectivity index (χ4n) is 2.03. The molecule has 2 N–H and O–H groups in total. The molecule has 0 aliphatic carbocycles. The second-order valence-electron chi connectivity index (χ2n) is 6.28. The Morgan fingerprint density at radius 2 is 1.96 bits per heavy atom. The number of nitrogens with one attached hydrogen (secondary N) is 2. The van der Waals surface area contributed by atoms with Crippen LogP contribution in [-0.2, 0) is 4.74 Å². The Balaban J connectivity index is 2.04. The van der Waals surface area contributed by atoms with Crippen LogP contribution < -0.4 is 5.32 Å². The van der Waals surface area contributed by atoms with Crippen molar-refractivity contribution >= 4 is 17.9 Å². The van der Waals surface area contributed by atoms with Gasteiger partial charge in [0, 0.05) is 4.90 Å². The molecule has 0 saturated carbocycles. The lowest BCUT2D eigenvalue weighted by Crippen LogP contribution is -2.34. The Bertz CT molecular complexity index is 659. The highest BCUT2D eigenvalue weighted by molar-refractivity contribution is 7.98. The van der Waals surface area contributed by atoms with Crippen molar-refractivity contribution in [3.05, 3.63) is 36.3 Å². The maximum absolute atomic E-state index is 11.8. The first-order chi connectivity index (χ1) is 10.8. The summed E-state index contributed by atoms with van der Waals surface area (Å²) in [5.41, 5.74) is 1.47. The van der Waals surface area contributed by atoms with Gasteiger partial charge in [-0.2, -0.15) is 0 Å². The van der Waals surface area contributed by atoms with E-state index in [2.05, 4.69) is 39.6 Å². The van der Waals surface area contributed by atoms with Gasteiger partial charge in [-0.3, -0.25) is 0 Å². The van der Waals surface area contributed by atoms with E-state index >= 15 is 0 Å². The van der Waals surface area contributed by atoms with E-state index < -0.39 is 11.7 Å².